The maximum atomic E-state index is 13.4. The molecule has 21 nitrogen and oxygen atoms in total. The number of amides is 3. The number of aryl methyl sites for hydroxylation is 4. The zero-order chi connectivity index (χ0) is 77.4. The highest BCUT2D eigenvalue weighted by Crippen LogP contribution is 2.38. The Hall–Kier alpha value is -9.35. The molecule has 0 bridgehead atoms. The minimum Gasteiger partial charge on any atom is -0.477 e. The Labute approximate surface area is 671 Å². The third kappa shape index (κ3) is 22.3. The predicted molar refractivity (Wildman–Crippen MR) is 453 cm³/mol. The van der Waals surface area contributed by atoms with E-state index in [0.29, 0.717) is 23.1 Å². The Morgan fingerprint density at radius 2 is 0.616 bits per heavy atom. The van der Waals surface area contributed by atoms with E-state index < -0.39 is 5.97 Å². The topological polar surface area (TPSA) is 205 Å². The van der Waals surface area contributed by atoms with Gasteiger partial charge in [0, 0.05) is 130 Å². The molecule has 4 atom stereocenters. The second-order valence-corrected chi connectivity index (χ2v) is 30.8. The van der Waals surface area contributed by atoms with Crippen LogP contribution < -0.4 is 35.6 Å². The van der Waals surface area contributed by atoms with Gasteiger partial charge >= 0.3 is 5.97 Å². The first-order valence-electron chi connectivity index (χ1n) is 40.9. The SMILES string of the molecule is CN1CCN(c2cccc(C(=O)O)n2)CC1.Cc1ccccc1C1CCCCN1.Cc1ccccc1C1CCCCN1C(=O)c1cccc(N2CCN(C)CC2)n1.Cc1ccccc1C1CCCCN1C(=O)c1cccc(N2CCNCC2)n1.Cc1ccccc1C1CCCCN1C(=O)c1cccc(N2CCNCC2)n1.Cl. The number of carbonyl (C=O) groups is 4. The van der Waals surface area contributed by atoms with Crippen LogP contribution in [0.2, 0.25) is 0 Å². The zero-order valence-corrected chi connectivity index (χ0v) is 67.7. The van der Waals surface area contributed by atoms with E-state index in [1.54, 1.807) is 6.07 Å². The summed E-state index contributed by atoms with van der Waals surface area (Å²) in [5.41, 5.74) is 12.3. The number of likely N-dealkylation sites (tertiary alicyclic amines) is 3. The van der Waals surface area contributed by atoms with Crippen LogP contribution in [0.25, 0.3) is 0 Å². The van der Waals surface area contributed by atoms with Crippen molar-refractivity contribution in [3.05, 3.63) is 237 Å². The molecule has 22 heteroatoms. The molecule has 596 valence electrons. The number of benzene rings is 4. The Balaban J connectivity index is 0.000000142. The van der Waals surface area contributed by atoms with Crippen LogP contribution >= 0.6 is 12.4 Å². The molecule has 8 aromatic rings. The number of aromatic nitrogens is 4. The molecule has 12 heterocycles. The summed E-state index contributed by atoms with van der Waals surface area (Å²) in [7, 11) is 4.23. The zero-order valence-electron chi connectivity index (χ0n) is 66.9. The monoisotopic (exact) mass is 1540 g/mol. The van der Waals surface area contributed by atoms with Gasteiger partial charge in [0.2, 0.25) is 0 Å². The first-order valence-corrected chi connectivity index (χ1v) is 40.9. The molecular formula is C90H119ClN16O5. The minimum absolute atomic E-state index is 0. The lowest BCUT2D eigenvalue weighted by Crippen LogP contribution is -2.45. The van der Waals surface area contributed by atoms with Crippen molar-refractivity contribution in [1.82, 2.24) is 60.4 Å². The number of anilines is 4. The average Bonchev–Trinajstić information content (AvgIpc) is 0.802. The van der Waals surface area contributed by atoms with Crippen molar-refractivity contribution in [3.63, 3.8) is 0 Å². The van der Waals surface area contributed by atoms with E-state index in [1.807, 2.05) is 75.4 Å². The van der Waals surface area contributed by atoms with Gasteiger partial charge in [-0.3, -0.25) is 14.4 Å². The summed E-state index contributed by atoms with van der Waals surface area (Å²) < 4.78 is 0. The number of hydrogen-bond acceptors (Lipinski definition) is 17. The van der Waals surface area contributed by atoms with Crippen LogP contribution in [-0.4, -0.2) is 218 Å². The Morgan fingerprint density at radius 3 is 0.929 bits per heavy atom. The van der Waals surface area contributed by atoms with Gasteiger partial charge in [-0.05, 0) is 212 Å². The first kappa shape index (κ1) is 83.6. The molecule has 0 saturated carbocycles. The summed E-state index contributed by atoms with van der Waals surface area (Å²) >= 11 is 0. The number of nitrogens with zero attached hydrogens (tertiary/aromatic N) is 13. The number of likely N-dealkylation sites (N-methyl/N-ethyl adjacent to an activating group) is 2. The average molecular weight is 1540 g/mol. The van der Waals surface area contributed by atoms with Gasteiger partial charge in [0.15, 0.2) is 5.69 Å². The van der Waals surface area contributed by atoms with E-state index in [4.69, 9.17) is 20.1 Å². The highest BCUT2D eigenvalue weighted by Gasteiger charge is 2.34. The molecule has 4 aromatic heterocycles. The van der Waals surface area contributed by atoms with Crippen LogP contribution in [0.5, 0.6) is 0 Å². The van der Waals surface area contributed by atoms with Crippen molar-refractivity contribution in [1.29, 1.82) is 0 Å². The Kier molecular flexibility index (Phi) is 31.3. The second-order valence-electron chi connectivity index (χ2n) is 30.8. The van der Waals surface area contributed by atoms with Crippen molar-refractivity contribution >= 4 is 59.4 Å². The number of hydrogen-bond donors (Lipinski definition) is 4. The fourth-order valence-corrected chi connectivity index (χ4v) is 16.6. The van der Waals surface area contributed by atoms with Crippen molar-refractivity contribution in [2.45, 2.75) is 129 Å². The fraction of sp³-hybridized carbons (Fsp3) is 0.467. The van der Waals surface area contributed by atoms with Crippen LogP contribution in [-0.2, 0) is 0 Å². The van der Waals surface area contributed by atoms with E-state index in [9.17, 15) is 19.2 Å². The number of pyridine rings is 4. The van der Waals surface area contributed by atoms with E-state index in [2.05, 4.69) is 189 Å². The molecular weight excluding hydrogens is 1420 g/mol. The molecule has 16 rings (SSSR count). The summed E-state index contributed by atoms with van der Waals surface area (Å²) in [5.74, 6) is 2.69. The summed E-state index contributed by atoms with van der Waals surface area (Å²) in [6.45, 7) is 27.5. The van der Waals surface area contributed by atoms with Gasteiger partial charge in [-0.15, -0.1) is 12.4 Å². The molecule has 8 saturated heterocycles. The van der Waals surface area contributed by atoms with Crippen LogP contribution in [0.1, 0.15) is 188 Å². The Bertz CT molecular complexity index is 4190. The number of halogens is 1. The van der Waals surface area contributed by atoms with Crippen molar-refractivity contribution in [2.75, 3.05) is 165 Å². The molecule has 4 N–H and O–H groups in total. The lowest BCUT2D eigenvalue weighted by Gasteiger charge is -2.37. The third-order valence-electron chi connectivity index (χ3n) is 23.2. The smallest absolute Gasteiger partial charge is 0.354 e. The minimum atomic E-state index is -0.976. The van der Waals surface area contributed by atoms with E-state index in [1.165, 1.54) is 76.4 Å². The van der Waals surface area contributed by atoms with Gasteiger partial charge in [-0.2, -0.15) is 0 Å². The lowest BCUT2D eigenvalue weighted by molar-refractivity contribution is 0.0598. The number of carboxylic acids is 1. The highest BCUT2D eigenvalue weighted by atomic mass is 35.5. The number of nitrogens with one attached hydrogen (secondary N) is 3. The van der Waals surface area contributed by atoms with Crippen LogP contribution in [0.3, 0.4) is 0 Å². The number of carboxylic acid groups (broad SMARTS) is 1. The first-order chi connectivity index (χ1) is 54.1. The maximum Gasteiger partial charge on any atom is 0.354 e. The molecule has 8 aliphatic heterocycles. The van der Waals surface area contributed by atoms with Gasteiger partial charge in [0.05, 0.1) is 18.1 Å². The third-order valence-corrected chi connectivity index (χ3v) is 23.2. The van der Waals surface area contributed by atoms with Gasteiger partial charge < -0.3 is 65.2 Å². The van der Waals surface area contributed by atoms with E-state index in [-0.39, 0.29) is 53.9 Å². The number of piperazine rings is 4. The van der Waals surface area contributed by atoms with Gasteiger partial charge in [-0.1, -0.05) is 128 Å². The molecule has 4 unspecified atom stereocenters. The molecule has 8 aliphatic rings. The maximum absolute atomic E-state index is 13.4. The number of rotatable bonds is 12. The summed E-state index contributed by atoms with van der Waals surface area (Å²) in [6, 6.07) is 57.7. The molecule has 8 fully saturated rings. The van der Waals surface area contributed by atoms with E-state index in [0.717, 1.165) is 205 Å². The number of carbonyl (C=O) groups excluding carboxylic acids is 3. The summed E-state index contributed by atoms with van der Waals surface area (Å²) in [6.07, 6.45) is 13.7. The second kappa shape index (κ2) is 42.0. The van der Waals surface area contributed by atoms with Gasteiger partial charge in [0.1, 0.15) is 40.4 Å². The quantitative estimate of drug-likeness (QED) is 0.0897. The highest BCUT2D eigenvalue weighted by molar-refractivity contribution is 5.94. The standard InChI is InChI=1S/C23H30N4O.2C22H28N4O.C12H17N.C11H15N3O2.ClH/c1-18-8-3-4-9-19(18)21-11-5-6-13-27(21)23(28)20-10-7-12-22(24-20)26-16-14-25(2)15-17-26;2*1-17-7-2-3-8-18(17)20-10-4-5-14-26(20)22(27)19-9-6-11-21(24-19)25-15-12-23-13-16-25;1-10-6-2-3-7-11(10)12-8-4-5-9-13-12;1-13-5-7-14(8-6-13)10-4-2-3-9(12-10)11(15)16;/h3-4,7-10,12,21H,5-6,11,13-17H2,1-2H3;2*2-3,6-9,11,20,23H,4-5,10,12-16H2,1H3;2-3,6-7,12-13H,4-5,8-9H2,1H3;2-4H,5-8H2,1H3,(H,15,16);1H. The largest absolute Gasteiger partial charge is 0.477 e. The van der Waals surface area contributed by atoms with Crippen LogP contribution in [0.15, 0.2) is 170 Å². The van der Waals surface area contributed by atoms with E-state index >= 15 is 0 Å². The van der Waals surface area contributed by atoms with Crippen molar-refractivity contribution in [2.24, 2.45) is 0 Å². The molecule has 4 aromatic carbocycles. The van der Waals surface area contributed by atoms with Crippen molar-refractivity contribution in [3.8, 4) is 0 Å². The number of piperidine rings is 4. The normalized spacial score (nSPS) is 20.3. The molecule has 112 heavy (non-hydrogen) atoms. The molecule has 0 spiro atoms. The Morgan fingerprint density at radius 1 is 0.321 bits per heavy atom. The molecule has 0 radical (unpaired) electrons. The molecule has 3 amide bonds. The summed E-state index contributed by atoms with van der Waals surface area (Å²) in [4.78, 5) is 88.9. The fourth-order valence-electron chi connectivity index (χ4n) is 16.6. The summed E-state index contributed by atoms with van der Waals surface area (Å²) in [5, 5.41) is 19.2. The predicted octanol–water partition coefficient (Wildman–Crippen LogP) is 13.6. The lowest BCUT2D eigenvalue weighted by atomic mass is 9.92. The van der Waals surface area contributed by atoms with Crippen LogP contribution in [0.4, 0.5) is 23.3 Å². The van der Waals surface area contributed by atoms with Crippen molar-refractivity contribution < 1.29 is 24.3 Å². The van der Waals surface area contributed by atoms with Gasteiger partial charge in [-0.25, -0.2) is 24.7 Å². The number of aromatic carboxylic acids is 1. The van der Waals surface area contributed by atoms with Gasteiger partial charge in [0.25, 0.3) is 17.7 Å². The van der Waals surface area contributed by atoms with Crippen LogP contribution in [0, 0.1) is 27.7 Å². The molecule has 0 aliphatic carbocycles.